The van der Waals surface area contributed by atoms with E-state index in [0.717, 1.165) is 0 Å². The molecule has 0 aromatic heterocycles. The van der Waals surface area contributed by atoms with Crippen molar-refractivity contribution in [2.45, 2.75) is 13.0 Å². The quantitative estimate of drug-likeness (QED) is 0.666. The highest BCUT2D eigenvalue weighted by molar-refractivity contribution is 8.00. The lowest BCUT2D eigenvalue weighted by molar-refractivity contribution is -0.148. The molecule has 5 heteroatoms. The van der Waals surface area contributed by atoms with Gasteiger partial charge >= 0.3 is 5.97 Å². The van der Waals surface area contributed by atoms with Gasteiger partial charge in [-0.15, -0.1) is 11.8 Å². The van der Waals surface area contributed by atoms with E-state index in [4.69, 9.17) is 5.11 Å². The van der Waals surface area contributed by atoms with Crippen LogP contribution in [0.5, 0.6) is 0 Å². The molecule has 1 unspecified atom stereocenters. The second-order valence-electron chi connectivity index (χ2n) is 2.55. The van der Waals surface area contributed by atoms with E-state index in [2.05, 4.69) is 0 Å². The summed E-state index contributed by atoms with van der Waals surface area (Å²) in [6.07, 6.45) is 0. The summed E-state index contributed by atoms with van der Waals surface area (Å²) in [4.78, 5) is 23.3. The lowest BCUT2D eigenvalue weighted by Gasteiger charge is -2.31. The summed E-state index contributed by atoms with van der Waals surface area (Å²) in [7, 11) is 0. The summed E-state index contributed by atoms with van der Waals surface area (Å²) >= 11 is 1.39. The van der Waals surface area contributed by atoms with Gasteiger partial charge in [0.05, 0.1) is 5.75 Å². The molecular formula is C7H11NO3S. The van der Waals surface area contributed by atoms with Crippen LogP contribution >= 0.6 is 11.8 Å². The largest absolute Gasteiger partial charge is 0.480 e. The molecule has 0 saturated carbocycles. The van der Waals surface area contributed by atoms with Gasteiger partial charge in [0.15, 0.2) is 0 Å². The molecule has 0 aromatic carbocycles. The fourth-order valence-electron chi connectivity index (χ4n) is 1.21. The van der Waals surface area contributed by atoms with Crippen LogP contribution in [0.3, 0.4) is 0 Å². The molecule has 1 saturated heterocycles. The number of carbonyl (C=O) groups is 2. The van der Waals surface area contributed by atoms with Gasteiger partial charge in [0.1, 0.15) is 6.04 Å². The van der Waals surface area contributed by atoms with Gasteiger partial charge in [-0.1, -0.05) is 0 Å². The van der Waals surface area contributed by atoms with Crippen molar-refractivity contribution in [1.29, 1.82) is 0 Å². The Labute approximate surface area is 74.9 Å². The zero-order valence-electron chi connectivity index (χ0n) is 6.82. The number of carboxylic acids is 1. The highest BCUT2D eigenvalue weighted by Gasteiger charge is 2.31. The van der Waals surface area contributed by atoms with Crippen molar-refractivity contribution in [3.63, 3.8) is 0 Å². The Balaban J connectivity index is 2.70. The maximum atomic E-state index is 11.2. The summed E-state index contributed by atoms with van der Waals surface area (Å²) in [5.41, 5.74) is 0. The van der Waals surface area contributed by atoms with E-state index in [0.29, 0.717) is 18.1 Å². The molecule has 0 spiro atoms. The molecule has 0 aromatic rings. The van der Waals surface area contributed by atoms with Crippen LogP contribution in [0.25, 0.3) is 0 Å². The third kappa shape index (κ3) is 1.72. The molecular weight excluding hydrogens is 178 g/mol. The fourth-order valence-corrected chi connectivity index (χ4v) is 2.21. The number of aliphatic carboxylic acids is 1. The van der Waals surface area contributed by atoms with E-state index < -0.39 is 12.0 Å². The van der Waals surface area contributed by atoms with Gasteiger partial charge in [-0.25, -0.2) is 4.79 Å². The standard InChI is InChI=1S/C7H11NO3S/c1-2-8-5(7(10)11)3-12-4-6(8)9/h5H,2-4H2,1H3,(H,10,11). The van der Waals surface area contributed by atoms with E-state index in [-0.39, 0.29) is 5.91 Å². The number of carboxylic acid groups (broad SMARTS) is 1. The molecule has 0 aliphatic carbocycles. The third-order valence-electron chi connectivity index (χ3n) is 1.82. The second kappa shape index (κ2) is 3.80. The van der Waals surface area contributed by atoms with Gasteiger partial charge in [-0.05, 0) is 6.92 Å². The topological polar surface area (TPSA) is 57.6 Å². The molecule has 1 heterocycles. The zero-order chi connectivity index (χ0) is 9.14. The fraction of sp³-hybridized carbons (Fsp3) is 0.714. The SMILES string of the molecule is CCN1C(=O)CSCC1C(=O)O. The molecule has 4 nitrogen and oxygen atoms in total. The Morgan fingerprint density at radius 1 is 1.83 bits per heavy atom. The third-order valence-corrected chi connectivity index (χ3v) is 2.83. The smallest absolute Gasteiger partial charge is 0.327 e. The minimum absolute atomic E-state index is 0.0684. The minimum Gasteiger partial charge on any atom is -0.480 e. The number of nitrogens with zero attached hydrogens (tertiary/aromatic N) is 1. The van der Waals surface area contributed by atoms with E-state index in [9.17, 15) is 9.59 Å². The zero-order valence-corrected chi connectivity index (χ0v) is 7.63. The van der Waals surface area contributed by atoms with E-state index >= 15 is 0 Å². The molecule has 0 bridgehead atoms. The molecule has 0 radical (unpaired) electrons. The molecule has 1 aliphatic rings. The highest BCUT2D eigenvalue weighted by Crippen LogP contribution is 2.17. The molecule has 68 valence electrons. The number of carbonyl (C=O) groups excluding carboxylic acids is 1. The van der Waals surface area contributed by atoms with Gasteiger partial charge < -0.3 is 10.0 Å². The van der Waals surface area contributed by atoms with Crippen LogP contribution in [0.1, 0.15) is 6.92 Å². The van der Waals surface area contributed by atoms with Gasteiger partial charge in [-0.3, -0.25) is 4.79 Å². The van der Waals surface area contributed by atoms with Crippen molar-refractivity contribution < 1.29 is 14.7 Å². The monoisotopic (exact) mass is 189 g/mol. The van der Waals surface area contributed by atoms with Crippen molar-refractivity contribution in [2.75, 3.05) is 18.1 Å². The Morgan fingerprint density at radius 3 is 2.92 bits per heavy atom. The molecule has 1 fully saturated rings. The molecule has 1 N–H and O–H groups in total. The lowest BCUT2D eigenvalue weighted by Crippen LogP contribution is -2.50. The maximum absolute atomic E-state index is 11.2. The number of thioether (sulfide) groups is 1. The number of rotatable bonds is 2. The van der Waals surface area contributed by atoms with Gasteiger partial charge in [0.2, 0.25) is 5.91 Å². The summed E-state index contributed by atoms with van der Waals surface area (Å²) in [5.74, 6) is -0.0504. The first-order valence-electron chi connectivity index (χ1n) is 3.76. The Bertz CT molecular complexity index is 207. The summed E-state index contributed by atoms with van der Waals surface area (Å²) in [6, 6.07) is -0.624. The van der Waals surface area contributed by atoms with Crippen LogP contribution in [-0.2, 0) is 9.59 Å². The normalized spacial score (nSPS) is 24.2. The number of hydrogen-bond donors (Lipinski definition) is 1. The van der Waals surface area contributed by atoms with Crippen LogP contribution in [0.15, 0.2) is 0 Å². The van der Waals surface area contributed by atoms with Gasteiger partial charge in [-0.2, -0.15) is 0 Å². The Kier molecular flexibility index (Phi) is 2.97. The molecule has 1 rings (SSSR count). The van der Waals surface area contributed by atoms with Crippen LogP contribution in [-0.4, -0.2) is 46.0 Å². The minimum atomic E-state index is -0.905. The number of hydrogen-bond acceptors (Lipinski definition) is 3. The second-order valence-corrected chi connectivity index (χ2v) is 3.58. The molecule has 1 amide bonds. The Morgan fingerprint density at radius 2 is 2.50 bits per heavy atom. The first-order valence-corrected chi connectivity index (χ1v) is 4.92. The van der Waals surface area contributed by atoms with Crippen LogP contribution in [0, 0.1) is 0 Å². The summed E-state index contributed by atoms with van der Waals surface area (Å²) < 4.78 is 0. The molecule has 12 heavy (non-hydrogen) atoms. The van der Waals surface area contributed by atoms with Crippen LogP contribution in [0.2, 0.25) is 0 Å². The first-order chi connectivity index (χ1) is 5.66. The van der Waals surface area contributed by atoms with Crippen molar-refractivity contribution >= 4 is 23.6 Å². The summed E-state index contributed by atoms with van der Waals surface area (Å²) in [6.45, 7) is 2.28. The highest BCUT2D eigenvalue weighted by atomic mass is 32.2. The van der Waals surface area contributed by atoms with Crippen LogP contribution < -0.4 is 0 Å². The van der Waals surface area contributed by atoms with E-state index in [1.165, 1.54) is 16.7 Å². The van der Waals surface area contributed by atoms with Crippen molar-refractivity contribution in [2.24, 2.45) is 0 Å². The average molecular weight is 189 g/mol. The van der Waals surface area contributed by atoms with E-state index in [1.54, 1.807) is 6.92 Å². The number of amides is 1. The van der Waals surface area contributed by atoms with Crippen molar-refractivity contribution in [3.8, 4) is 0 Å². The first kappa shape index (κ1) is 9.38. The van der Waals surface area contributed by atoms with Crippen LogP contribution in [0.4, 0.5) is 0 Å². The van der Waals surface area contributed by atoms with Crippen molar-refractivity contribution in [1.82, 2.24) is 4.90 Å². The van der Waals surface area contributed by atoms with Gasteiger partial charge in [0, 0.05) is 12.3 Å². The predicted octanol–water partition coefficient (Wildman–Crippen LogP) is 0.0349. The average Bonchev–Trinajstić information content (AvgIpc) is 2.03. The number of likely N-dealkylation sites (N-methyl/N-ethyl adjacent to an activating group) is 1. The summed E-state index contributed by atoms with van der Waals surface area (Å²) in [5, 5.41) is 8.75. The molecule has 1 aliphatic heterocycles. The molecule has 1 atom stereocenters. The predicted molar refractivity (Wildman–Crippen MR) is 46.1 cm³/mol. The lowest BCUT2D eigenvalue weighted by atomic mass is 10.2. The van der Waals surface area contributed by atoms with E-state index in [1.807, 2.05) is 0 Å². The van der Waals surface area contributed by atoms with Gasteiger partial charge in [0.25, 0.3) is 0 Å². The maximum Gasteiger partial charge on any atom is 0.327 e. The van der Waals surface area contributed by atoms with Crippen molar-refractivity contribution in [3.05, 3.63) is 0 Å². The Hall–Kier alpha value is -0.710.